The molecular weight excluding hydrogens is 496 g/mol. The summed E-state index contributed by atoms with van der Waals surface area (Å²) in [4.78, 5) is 30.6. The monoisotopic (exact) mass is 522 g/mol. The minimum atomic E-state index is -0.593. The maximum Gasteiger partial charge on any atom is 0.417 e. The van der Waals surface area contributed by atoms with E-state index >= 15 is 0 Å². The maximum absolute atomic E-state index is 12.0. The van der Waals surface area contributed by atoms with Crippen LogP contribution in [0.1, 0.15) is 26.3 Å². The summed E-state index contributed by atoms with van der Waals surface area (Å²) < 4.78 is 8.83. The number of amides is 1. The molecule has 12 nitrogen and oxygen atoms in total. The van der Waals surface area contributed by atoms with Gasteiger partial charge in [0.15, 0.2) is 0 Å². The van der Waals surface area contributed by atoms with Crippen molar-refractivity contribution in [2.75, 3.05) is 19.8 Å². The van der Waals surface area contributed by atoms with Crippen LogP contribution in [0.4, 0.5) is 10.7 Å². The van der Waals surface area contributed by atoms with E-state index < -0.39 is 6.09 Å². The van der Waals surface area contributed by atoms with Crippen molar-refractivity contribution >= 4 is 23.1 Å². The number of nitriles is 1. The smallest absolute Gasteiger partial charge is 0.373 e. The highest BCUT2D eigenvalue weighted by molar-refractivity contribution is 5.87. The Hall–Kier alpha value is -5.31. The first-order valence-corrected chi connectivity index (χ1v) is 12.0. The van der Waals surface area contributed by atoms with Crippen LogP contribution in [-0.2, 0) is 5.54 Å². The van der Waals surface area contributed by atoms with Gasteiger partial charge in [-0.25, -0.2) is 24.4 Å². The molecule has 12 heteroatoms. The van der Waals surface area contributed by atoms with Gasteiger partial charge in [-0.05, 0) is 56.7 Å². The fourth-order valence-corrected chi connectivity index (χ4v) is 4.17. The number of hydrogen-bond acceptors (Lipinski definition) is 9. The normalized spacial score (nSPS) is 11.4. The molecule has 196 valence electrons. The first-order chi connectivity index (χ1) is 18.5. The molecule has 0 fully saturated rings. The van der Waals surface area contributed by atoms with Crippen molar-refractivity contribution in [1.29, 1.82) is 5.26 Å². The number of aromatic nitrogens is 7. The minimum Gasteiger partial charge on any atom is -0.373 e. The van der Waals surface area contributed by atoms with Crippen molar-refractivity contribution in [3.8, 4) is 40.3 Å². The van der Waals surface area contributed by atoms with Crippen LogP contribution in [0.3, 0.4) is 0 Å². The van der Waals surface area contributed by atoms with Crippen LogP contribution in [0.2, 0.25) is 0 Å². The number of anilines is 1. The fraction of sp³-hybridized carbons (Fsp3) is 0.222. The highest BCUT2D eigenvalue weighted by atomic mass is 16.6. The number of nitrogens with two attached hydrogens (primary N) is 1. The van der Waals surface area contributed by atoms with Crippen molar-refractivity contribution < 1.29 is 9.53 Å². The standard InChI is InChI=1S/C27H26N10O2/c1-27(2,3)37-22-9-7-17(18-13-30-24(29)31-14-18)11-20(22)33-23(37)19-10-16(12-28)6-8-21(19)36-15-32-25(34-36)39-26(38)35(4)5/h6-11,13-15H,1-5H3,(H2,29,30,31). The summed E-state index contributed by atoms with van der Waals surface area (Å²) in [5.74, 6) is 0.842. The molecule has 0 radical (unpaired) electrons. The van der Waals surface area contributed by atoms with E-state index in [1.54, 1.807) is 44.7 Å². The molecule has 0 aliphatic heterocycles. The van der Waals surface area contributed by atoms with E-state index in [2.05, 4.69) is 51.5 Å². The zero-order valence-corrected chi connectivity index (χ0v) is 22.1. The van der Waals surface area contributed by atoms with Crippen molar-refractivity contribution in [2.45, 2.75) is 26.3 Å². The summed E-state index contributed by atoms with van der Waals surface area (Å²) in [6, 6.07) is 13.3. The third kappa shape index (κ3) is 4.85. The summed E-state index contributed by atoms with van der Waals surface area (Å²) in [6.45, 7) is 6.25. The lowest BCUT2D eigenvalue weighted by Gasteiger charge is -2.25. The van der Waals surface area contributed by atoms with E-state index in [9.17, 15) is 10.1 Å². The predicted molar refractivity (Wildman–Crippen MR) is 145 cm³/mol. The van der Waals surface area contributed by atoms with E-state index in [4.69, 9.17) is 15.5 Å². The van der Waals surface area contributed by atoms with Gasteiger partial charge >= 0.3 is 12.1 Å². The molecule has 0 unspecified atom stereocenters. The number of ether oxygens (including phenoxy) is 1. The summed E-state index contributed by atoms with van der Waals surface area (Å²) in [5, 5.41) is 14.0. The molecule has 39 heavy (non-hydrogen) atoms. The highest BCUT2D eigenvalue weighted by Gasteiger charge is 2.25. The maximum atomic E-state index is 12.0. The molecule has 5 aromatic rings. The van der Waals surface area contributed by atoms with Gasteiger partial charge in [0.25, 0.3) is 0 Å². The Labute approximate surface area is 224 Å². The fourth-order valence-electron chi connectivity index (χ4n) is 4.17. The molecule has 0 saturated carbocycles. The Bertz CT molecular complexity index is 1740. The predicted octanol–water partition coefficient (Wildman–Crippen LogP) is 4.01. The third-order valence-electron chi connectivity index (χ3n) is 5.96. The zero-order chi connectivity index (χ0) is 27.9. The summed E-state index contributed by atoms with van der Waals surface area (Å²) >= 11 is 0. The summed E-state index contributed by atoms with van der Waals surface area (Å²) in [5.41, 5.74) is 10.4. The summed E-state index contributed by atoms with van der Waals surface area (Å²) in [6.07, 6.45) is 4.20. The number of carbonyl (C=O) groups excluding carboxylic acids is 1. The number of nitrogens with zero attached hydrogens (tertiary/aromatic N) is 9. The number of fused-ring (bicyclic) bond motifs is 1. The van der Waals surface area contributed by atoms with E-state index in [1.165, 1.54) is 15.9 Å². The molecule has 2 aromatic carbocycles. The Morgan fingerprint density at radius 3 is 2.46 bits per heavy atom. The van der Waals surface area contributed by atoms with Crippen LogP contribution in [-0.4, -0.2) is 59.4 Å². The number of carbonyl (C=O) groups is 1. The summed E-state index contributed by atoms with van der Waals surface area (Å²) in [7, 11) is 3.14. The molecular formula is C27H26N10O2. The van der Waals surface area contributed by atoms with Crippen molar-refractivity contribution in [3.63, 3.8) is 0 Å². The Kier molecular flexibility index (Phi) is 6.19. The highest BCUT2D eigenvalue weighted by Crippen LogP contribution is 2.36. The van der Waals surface area contributed by atoms with Gasteiger partial charge < -0.3 is 19.9 Å². The molecule has 0 aliphatic rings. The molecule has 0 aliphatic carbocycles. The van der Waals surface area contributed by atoms with Crippen LogP contribution in [0.25, 0.3) is 39.2 Å². The molecule has 0 saturated heterocycles. The van der Waals surface area contributed by atoms with Gasteiger partial charge in [-0.3, -0.25) is 0 Å². The molecule has 2 N–H and O–H groups in total. The van der Waals surface area contributed by atoms with E-state index in [1.807, 2.05) is 18.2 Å². The average molecular weight is 523 g/mol. The second kappa shape index (κ2) is 9.53. The molecule has 5 rings (SSSR count). The van der Waals surface area contributed by atoms with Gasteiger partial charge in [-0.2, -0.15) is 10.2 Å². The van der Waals surface area contributed by atoms with Gasteiger partial charge in [0.2, 0.25) is 5.95 Å². The van der Waals surface area contributed by atoms with Crippen molar-refractivity contribution in [1.82, 2.24) is 39.2 Å². The van der Waals surface area contributed by atoms with Crippen LogP contribution in [0.15, 0.2) is 55.1 Å². The third-order valence-corrected chi connectivity index (χ3v) is 5.96. The Morgan fingerprint density at radius 2 is 1.79 bits per heavy atom. The van der Waals surface area contributed by atoms with E-state index in [0.717, 1.165) is 22.2 Å². The largest absolute Gasteiger partial charge is 0.417 e. The van der Waals surface area contributed by atoms with Gasteiger partial charge in [0, 0.05) is 43.2 Å². The zero-order valence-electron chi connectivity index (χ0n) is 22.1. The SMILES string of the molecule is CN(C)C(=O)Oc1ncn(-c2ccc(C#N)cc2-c2nc3cc(-c4cnc(N)nc4)ccc3n2C(C)(C)C)n1. The number of hydrogen-bond donors (Lipinski definition) is 1. The Balaban J connectivity index is 1.69. The lowest BCUT2D eigenvalue weighted by Crippen LogP contribution is -2.25. The van der Waals surface area contributed by atoms with Crippen LogP contribution < -0.4 is 10.5 Å². The Morgan fingerprint density at radius 1 is 1.05 bits per heavy atom. The van der Waals surface area contributed by atoms with Crippen molar-refractivity contribution in [3.05, 3.63) is 60.7 Å². The van der Waals surface area contributed by atoms with Crippen LogP contribution >= 0.6 is 0 Å². The lowest BCUT2D eigenvalue weighted by molar-refractivity contribution is 0.168. The first kappa shape index (κ1) is 25.3. The quantitative estimate of drug-likeness (QED) is 0.369. The van der Waals surface area contributed by atoms with Gasteiger partial charge in [0.1, 0.15) is 12.2 Å². The second-order valence-electron chi connectivity index (χ2n) is 10.1. The number of imidazole rings is 1. The lowest BCUT2D eigenvalue weighted by atomic mass is 10.0. The number of nitrogen functional groups attached to an aromatic ring is 1. The van der Waals surface area contributed by atoms with Gasteiger partial charge in [0.05, 0.1) is 28.4 Å². The van der Waals surface area contributed by atoms with Gasteiger partial charge in [-0.15, -0.1) is 5.10 Å². The number of benzene rings is 2. The minimum absolute atomic E-state index is 0.0938. The molecule has 3 aromatic heterocycles. The van der Waals surface area contributed by atoms with Gasteiger partial charge in [-0.1, -0.05) is 6.07 Å². The number of rotatable bonds is 4. The second-order valence-corrected chi connectivity index (χ2v) is 10.1. The molecule has 0 spiro atoms. The van der Waals surface area contributed by atoms with Crippen LogP contribution in [0, 0.1) is 11.3 Å². The van der Waals surface area contributed by atoms with E-state index in [-0.39, 0.29) is 17.5 Å². The van der Waals surface area contributed by atoms with Crippen LogP contribution in [0.5, 0.6) is 6.01 Å². The molecule has 3 heterocycles. The molecule has 1 amide bonds. The molecule has 0 atom stereocenters. The first-order valence-electron chi connectivity index (χ1n) is 12.0. The van der Waals surface area contributed by atoms with E-state index in [0.29, 0.717) is 22.6 Å². The molecule has 0 bridgehead atoms. The average Bonchev–Trinajstić information content (AvgIpc) is 3.52. The topological polar surface area (TPSA) is 154 Å². The van der Waals surface area contributed by atoms with Crippen molar-refractivity contribution in [2.24, 2.45) is 0 Å².